The fraction of sp³-hybridized carbons (Fsp3) is 0.133. The monoisotopic (exact) mass is 280 g/mol. The van der Waals surface area contributed by atoms with Crippen LogP contribution in [-0.4, -0.2) is 5.78 Å². The van der Waals surface area contributed by atoms with E-state index in [4.69, 9.17) is 11.6 Å². The van der Waals surface area contributed by atoms with E-state index in [0.717, 1.165) is 12.1 Å². The Kier molecular flexibility index (Phi) is 3.67. The number of benzene rings is 2. The van der Waals surface area contributed by atoms with Crippen LogP contribution in [0.25, 0.3) is 0 Å². The molecular formula is C15H11ClF2O. The van der Waals surface area contributed by atoms with Crippen LogP contribution >= 0.6 is 11.6 Å². The summed E-state index contributed by atoms with van der Waals surface area (Å²) in [5, 5.41) is 0.517. The van der Waals surface area contributed by atoms with Crippen LogP contribution in [0.3, 0.4) is 0 Å². The molecule has 2 rings (SSSR count). The minimum Gasteiger partial charge on any atom is -0.288 e. The van der Waals surface area contributed by atoms with Gasteiger partial charge in [-0.25, -0.2) is 8.78 Å². The van der Waals surface area contributed by atoms with Gasteiger partial charge in [-0.3, -0.25) is 4.79 Å². The Morgan fingerprint density at radius 1 is 1.05 bits per heavy atom. The fourth-order valence-electron chi connectivity index (χ4n) is 1.87. The van der Waals surface area contributed by atoms with Crippen LogP contribution in [0, 0.1) is 25.5 Å². The van der Waals surface area contributed by atoms with Crippen LogP contribution < -0.4 is 0 Å². The molecule has 4 heteroatoms. The van der Waals surface area contributed by atoms with Crippen LogP contribution in [-0.2, 0) is 0 Å². The number of rotatable bonds is 2. The highest BCUT2D eigenvalue weighted by atomic mass is 35.5. The topological polar surface area (TPSA) is 17.1 Å². The standard InChI is InChI=1S/C15H11ClF2O/c1-8-7-11(16)9(2)6-10(8)15(19)14-12(17)4-3-5-13(14)18/h3-7H,1-2H3. The number of ketones is 1. The molecule has 0 atom stereocenters. The van der Waals surface area contributed by atoms with Crippen molar-refractivity contribution in [3.05, 3.63) is 69.2 Å². The summed E-state index contributed by atoms with van der Waals surface area (Å²) in [6.45, 7) is 3.41. The largest absolute Gasteiger partial charge is 0.288 e. The third-order valence-corrected chi connectivity index (χ3v) is 3.35. The molecule has 0 heterocycles. The van der Waals surface area contributed by atoms with Gasteiger partial charge in [-0.15, -0.1) is 0 Å². The molecule has 98 valence electrons. The maximum absolute atomic E-state index is 13.6. The van der Waals surface area contributed by atoms with Gasteiger partial charge in [-0.1, -0.05) is 17.7 Å². The molecule has 0 saturated heterocycles. The molecule has 0 radical (unpaired) electrons. The van der Waals surface area contributed by atoms with E-state index in [1.807, 2.05) is 0 Å². The predicted molar refractivity (Wildman–Crippen MR) is 70.7 cm³/mol. The normalized spacial score (nSPS) is 10.6. The van der Waals surface area contributed by atoms with Crippen molar-refractivity contribution in [2.24, 2.45) is 0 Å². The summed E-state index contributed by atoms with van der Waals surface area (Å²) in [7, 11) is 0. The molecule has 2 aromatic carbocycles. The van der Waals surface area contributed by atoms with Gasteiger partial charge in [0.2, 0.25) is 0 Å². The van der Waals surface area contributed by atoms with Gasteiger partial charge >= 0.3 is 0 Å². The second-order valence-corrected chi connectivity index (χ2v) is 4.75. The second kappa shape index (κ2) is 5.10. The maximum Gasteiger partial charge on any atom is 0.199 e. The van der Waals surface area contributed by atoms with E-state index in [2.05, 4.69) is 0 Å². The fourth-order valence-corrected chi connectivity index (χ4v) is 2.09. The summed E-state index contributed by atoms with van der Waals surface area (Å²) < 4.78 is 27.2. The molecule has 0 bridgehead atoms. The molecule has 0 amide bonds. The lowest BCUT2D eigenvalue weighted by molar-refractivity contribution is 0.103. The zero-order valence-electron chi connectivity index (χ0n) is 10.4. The summed E-state index contributed by atoms with van der Waals surface area (Å²) >= 11 is 5.94. The highest BCUT2D eigenvalue weighted by Gasteiger charge is 2.20. The zero-order valence-corrected chi connectivity index (χ0v) is 11.2. The van der Waals surface area contributed by atoms with Gasteiger partial charge in [0.25, 0.3) is 0 Å². The minimum absolute atomic E-state index is 0.255. The van der Waals surface area contributed by atoms with E-state index >= 15 is 0 Å². The van der Waals surface area contributed by atoms with Crippen molar-refractivity contribution in [2.75, 3.05) is 0 Å². The smallest absolute Gasteiger partial charge is 0.199 e. The van der Waals surface area contributed by atoms with Crippen molar-refractivity contribution >= 4 is 17.4 Å². The van der Waals surface area contributed by atoms with E-state index in [1.54, 1.807) is 26.0 Å². The van der Waals surface area contributed by atoms with Crippen LogP contribution in [0.1, 0.15) is 27.0 Å². The molecule has 1 nitrogen and oxygen atoms in total. The van der Waals surface area contributed by atoms with E-state index < -0.39 is 23.0 Å². The molecule has 0 N–H and O–H groups in total. The Morgan fingerprint density at radius 3 is 2.21 bits per heavy atom. The molecule has 0 spiro atoms. The quantitative estimate of drug-likeness (QED) is 0.742. The SMILES string of the molecule is Cc1cc(C(=O)c2c(F)cccc2F)c(C)cc1Cl. The van der Waals surface area contributed by atoms with Crippen LogP contribution in [0.2, 0.25) is 5.02 Å². The zero-order chi connectivity index (χ0) is 14.2. The number of aryl methyl sites for hydroxylation is 2. The van der Waals surface area contributed by atoms with Crippen LogP contribution in [0.15, 0.2) is 30.3 Å². The maximum atomic E-state index is 13.6. The lowest BCUT2D eigenvalue weighted by Gasteiger charge is -2.09. The van der Waals surface area contributed by atoms with Gasteiger partial charge in [0.15, 0.2) is 5.78 Å². The average molecular weight is 281 g/mol. The average Bonchev–Trinajstić information content (AvgIpc) is 2.33. The van der Waals surface area contributed by atoms with Crippen molar-refractivity contribution < 1.29 is 13.6 Å². The van der Waals surface area contributed by atoms with Gasteiger partial charge < -0.3 is 0 Å². The van der Waals surface area contributed by atoms with Crippen molar-refractivity contribution in [1.29, 1.82) is 0 Å². The van der Waals surface area contributed by atoms with Gasteiger partial charge in [-0.05, 0) is 49.2 Å². The van der Waals surface area contributed by atoms with Crippen molar-refractivity contribution in [2.45, 2.75) is 13.8 Å². The van der Waals surface area contributed by atoms with Gasteiger partial charge in [-0.2, -0.15) is 0 Å². The molecule has 19 heavy (non-hydrogen) atoms. The Balaban J connectivity index is 2.60. The Labute approximate surface area is 114 Å². The molecule has 0 fully saturated rings. The molecule has 0 aliphatic heterocycles. The third-order valence-electron chi connectivity index (χ3n) is 2.94. The number of carbonyl (C=O) groups excluding carboxylic acids is 1. The first-order chi connectivity index (χ1) is 8.91. The molecular weight excluding hydrogens is 270 g/mol. The Bertz CT molecular complexity index is 645. The predicted octanol–water partition coefficient (Wildman–Crippen LogP) is 4.47. The second-order valence-electron chi connectivity index (χ2n) is 4.34. The highest BCUT2D eigenvalue weighted by Crippen LogP contribution is 2.24. The van der Waals surface area contributed by atoms with Gasteiger partial charge in [0, 0.05) is 10.6 Å². The number of hydrogen-bond donors (Lipinski definition) is 0. The van der Waals surface area contributed by atoms with Gasteiger partial charge in [0.05, 0.1) is 5.56 Å². The number of carbonyl (C=O) groups is 1. The van der Waals surface area contributed by atoms with E-state index in [-0.39, 0.29) is 5.56 Å². The first kappa shape index (κ1) is 13.7. The number of hydrogen-bond acceptors (Lipinski definition) is 1. The third kappa shape index (κ3) is 2.51. The first-order valence-electron chi connectivity index (χ1n) is 5.67. The Morgan fingerprint density at radius 2 is 1.63 bits per heavy atom. The molecule has 0 unspecified atom stereocenters. The Hall–Kier alpha value is -1.74. The summed E-state index contributed by atoms with van der Waals surface area (Å²) in [4.78, 5) is 12.2. The van der Waals surface area contributed by atoms with Crippen molar-refractivity contribution in [3.8, 4) is 0 Å². The van der Waals surface area contributed by atoms with Crippen molar-refractivity contribution in [3.63, 3.8) is 0 Å². The minimum atomic E-state index is -0.864. The molecule has 0 saturated carbocycles. The van der Waals surface area contributed by atoms with Crippen LogP contribution in [0.4, 0.5) is 8.78 Å². The molecule has 2 aromatic rings. The highest BCUT2D eigenvalue weighted by molar-refractivity contribution is 6.31. The number of halogens is 3. The van der Waals surface area contributed by atoms with Crippen molar-refractivity contribution in [1.82, 2.24) is 0 Å². The molecule has 0 aliphatic carbocycles. The first-order valence-corrected chi connectivity index (χ1v) is 6.05. The summed E-state index contributed by atoms with van der Waals surface area (Å²) in [6, 6.07) is 6.51. The van der Waals surface area contributed by atoms with E-state index in [1.165, 1.54) is 6.07 Å². The summed E-state index contributed by atoms with van der Waals surface area (Å²) in [5.74, 6) is -2.40. The van der Waals surface area contributed by atoms with Gasteiger partial charge in [0.1, 0.15) is 11.6 Å². The lowest BCUT2D eigenvalue weighted by atomic mass is 9.96. The molecule has 0 aromatic heterocycles. The molecule has 0 aliphatic rings. The van der Waals surface area contributed by atoms with E-state index in [0.29, 0.717) is 16.1 Å². The van der Waals surface area contributed by atoms with E-state index in [9.17, 15) is 13.6 Å². The summed E-state index contributed by atoms with van der Waals surface area (Å²) in [5.41, 5.74) is 0.994. The summed E-state index contributed by atoms with van der Waals surface area (Å²) in [6.07, 6.45) is 0. The van der Waals surface area contributed by atoms with Crippen LogP contribution in [0.5, 0.6) is 0 Å². The lowest BCUT2D eigenvalue weighted by Crippen LogP contribution is -2.09.